The van der Waals surface area contributed by atoms with Crippen LogP contribution in [0.2, 0.25) is 0 Å². The first-order valence-corrected chi connectivity index (χ1v) is 7.53. The van der Waals surface area contributed by atoms with E-state index in [1.165, 1.54) is 6.07 Å². The van der Waals surface area contributed by atoms with Gasteiger partial charge in [0.25, 0.3) is 0 Å². The van der Waals surface area contributed by atoms with Gasteiger partial charge < -0.3 is 10.9 Å². The summed E-state index contributed by atoms with van der Waals surface area (Å²) in [6.07, 6.45) is 3.26. The van der Waals surface area contributed by atoms with E-state index in [1.807, 2.05) is 0 Å². The van der Waals surface area contributed by atoms with Gasteiger partial charge in [-0.05, 0) is 32.4 Å². The summed E-state index contributed by atoms with van der Waals surface area (Å²) in [7, 11) is 0. The number of benzene rings is 1. The van der Waals surface area contributed by atoms with Gasteiger partial charge in [-0.2, -0.15) is 0 Å². The summed E-state index contributed by atoms with van der Waals surface area (Å²) in [6, 6.07) is 5.13. The Labute approximate surface area is 126 Å². The van der Waals surface area contributed by atoms with E-state index in [0.29, 0.717) is 23.7 Å². The van der Waals surface area contributed by atoms with Gasteiger partial charge in [-0.25, -0.2) is 4.39 Å². The average molecular weight is 295 g/mol. The molecule has 118 valence electrons. The van der Waals surface area contributed by atoms with Crippen LogP contribution in [0.1, 0.15) is 51.2 Å². The molecule has 5 heteroatoms. The second kappa shape index (κ2) is 8.62. The topological polar surface area (TPSA) is 61.8 Å². The van der Waals surface area contributed by atoms with Gasteiger partial charge in [0.1, 0.15) is 5.82 Å². The molecule has 0 aliphatic heterocycles. The van der Waals surface area contributed by atoms with Crippen LogP contribution < -0.4 is 5.73 Å². The Morgan fingerprint density at radius 3 is 2.67 bits per heavy atom. The lowest BCUT2D eigenvalue weighted by atomic mass is 10.1. The molecule has 4 nitrogen and oxygen atoms in total. The molecule has 0 heterocycles. The molecule has 0 amide bonds. The number of amidine groups is 1. The first kappa shape index (κ1) is 17.4. The normalized spacial score (nSPS) is 13.7. The molecule has 1 unspecified atom stereocenters. The molecule has 0 aromatic heterocycles. The van der Waals surface area contributed by atoms with Crippen molar-refractivity contribution in [1.82, 2.24) is 4.90 Å². The molecule has 1 aromatic carbocycles. The molecule has 0 spiro atoms. The van der Waals surface area contributed by atoms with Crippen molar-refractivity contribution in [3.8, 4) is 0 Å². The molecule has 0 aliphatic rings. The highest BCUT2D eigenvalue weighted by atomic mass is 19.1. The van der Waals surface area contributed by atoms with Crippen molar-refractivity contribution in [3.05, 3.63) is 35.1 Å². The minimum Gasteiger partial charge on any atom is -0.409 e. The van der Waals surface area contributed by atoms with Crippen molar-refractivity contribution in [3.63, 3.8) is 0 Å². The van der Waals surface area contributed by atoms with E-state index in [2.05, 4.69) is 30.8 Å². The van der Waals surface area contributed by atoms with E-state index in [1.54, 1.807) is 12.1 Å². The molecule has 21 heavy (non-hydrogen) atoms. The summed E-state index contributed by atoms with van der Waals surface area (Å²) in [6.45, 7) is 8.01. The third-order valence-corrected chi connectivity index (χ3v) is 3.84. The Balaban J connectivity index is 2.88. The minimum absolute atomic E-state index is 0.0785. The van der Waals surface area contributed by atoms with Crippen LogP contribution in [0.15, 0.2) is 23.4 Å². The maximum Gasteiger partial charge on any atom is 0.170 e. The molecule has 0 fully saturated rings. The summed E-state index contributed by atoms with van der Waals surface area (Å²) in [5.41, 5.74) is 6.50. The molecule has 0 saturated carbocycles. The summed E-state index contributed by atoms with van der Waals surface area (Å²) in [5.74, 6) is -0.394. The van der Waals surface area contributed by atoms with Crippen LogP contribution in [-0.2, 0) is 6.54 Å². The van der Waals surface area contributed by atoms with Crippen LogP contribution in [-0.4, -0.2) is 28.5 Å². The number of nitrogens with zero attached hydrogens (tertiary/aromatic N) is 2. The number of oxime groups is 1. The lowest BCUT2D eigenvalue weighted by molar-refractivity contribution is 0.190. The predicted molar refractivity (Wildman–Crippen MR) is 84.0 cm³/mol. The number of hydrogen-bond acceptors (Lipinski definition) is 3. The van der Waals surface area contributed by atoms with Gasteiger partial charge in [-0.15, -0.1) is 0 Å². The predicted octanol–water partition coefficient (Wildman–Crippen LogP) is 3.32. The van der Waals surface area contributed by atoms with Gasteiger partial charge >= 0.3 is 0 Å². The van der Waals surface area contributed by atoms with Crippen LogP contribution in [0.3, 0.4) is 0 Å². The zero-order valence-corrected chi connectivity index (χ0v) is 13.1. The van der Waals surface area contributed by atoms with Gasteiger partial charge in [-0.1, -0.05) is 37.6 Å². The Morgan fingerprint density at radius 1 is 1.43 bits per heavy atom. The molecule has 1 rings (SSSR count). The maximum atomic E-state index is 14.2. The molecule has 1 aromatic rings. The zero-order valence-electron chi connectivity index (χ0n) is 13.1. The fourth-order valence-corrected chi connectivity index (χ4v) is 2.19. The van der Waals surface area contributed by atoms with E-state index in [-0.39, 0.29) is 11.7 Å². The van der Waals surface area contributed by atoms with Crippen molar-refractivity contribution in [1.29, 1.82) is 0 Å². The smallest absolute Gasteiger partial charge is 0.170 e. The zero-order chi connectivity index (χ0) is 15.8. The summed E-state index contributed by atoms with van der Waals surface area (Å²) >= 11 is 0. The second-order valence-electron chi connectivity index (χ2n) is 5.37. The van der Waals surface area contributed by atoms with Crippen molar-refractivity contribution in [2.24, 2.45) is 10.9 Å². The second-order valence-corrected chi connectivity index (χ2v) is 5.37. The number of nitrogens with two attached hydrogens (primary N) is 1. The van der Waals surface area contributed by atoms with E-state index < -0.39 is 0 Å². The van der Waals surface area contributed by atoms with Crippen molar-refractivity contribution in [2.45, 2.75) is 52.6 Å². The summed E-state index contributed by atoms with van der Waals surface area (Å²) in [5, 5.41) is 11.5. The molecule has 0 aliphatic carbocycles. The lowest BCUT2D eigenvalue weighted by Gasteiger charge is -2.28. The largest absolute Gasteiger partial charge is 0.409 e. The van der Waals surface area contributed by atoms with E-state index in [4.69, 9.17) is 10.9 Å². The highest BCUT2D eigenvalue weighted by Crippen LogP contribution is 2.16. The minimum atomic E-state index is -0.316. The van der Waals surface area contributed by atoms with Gasteiger partial charge in [0, 0.05) is 23.7 Å². The maximum absolute atomic E-state index is 14.2. The Bertz CT molecular complexity index is 477. The molecular weight excluding hydrogens is 269 g/mol. The standard InChI is InChI=1S/C16H26FN3O/c1-4-6-9-20(12(3)5-2)11-14-8-7-13(10-15(14)17)16(18)19-21/h7-8,10,12,21H,4-6,9,11H2,1-3H3,(H2,18,19). The number of halogens is 1. The number of unbranched alkanes of at least 4 members (excludes halogenated alkanes) is 1. The van der Waals surface area contributed by atoms with Gasteiger partial charge in [0.15, 0.2) is 5.84 Å². The SMILES string of the molecule is CCCCN(Cc1ccc(C(N)=NO)cc1F)C(C)CC. The fraction of sp³-hybridized carbons (Fsp3) is 0.562. The Kier molecular flexibility index (Phi) is 7.15. The van der Waals surface area contributed by atoms with E-state index in [0.717, 1.165) is 25.8 Å². The molecular formula is C16H26FN3O. The Hall–Kier alpha value is -1.62. The lowest BCUT2D eigenvalue weighted by Crippen LogP contribution is -2.33. The number of hydrogen-bond donors (Lipinski definition) is 2. The number of rotatable bonds is 8. The summed E-state index contributed by atoms with van der Waals surface area (Å²) in [4.78, 5) is 2.30. The first-order chi connectivity index (χ1) is 10.0. The molecule has 0 saturated heterocycles. The molecule has 0 bridgehead atoms. The Morgan fingerprint density at radius 2 is 2.14 bits per heavy atom. The van der Waals surface area contributed by atoms with Crippen LogP contribution in [0.4, 0.5) is 4.39 Å². The van der Waals surface area contributed by atoms with Gasteiger partial charge in [-0.3, -0.25) is 4.90 Å². The fourth-order valence-electron chi connectivity index (χ4n) is 2.19. The van der Waals surface area contributed by atoms with Crippen LogP contribution in [0, 0.1) is 5.82 Å². The third kappa shape index (κ3) is 5.01. The first-order valence-electron chi connectivity index (χ1n) is 7.53. The quantitative estimate of drug-likeness (QED) is 0.335. The third-order valence-electron chi connectivity index (χ3n) is 3.84. The van der Waals surface area contributed by atoms with Crippen LogP contribution in [0.5, 0.6) is 0 Å². The highest BCUT2D eigenvalue weighted by Gasteiger charge is 2.15. The van der Waals surface area contributed by atoms with Gasteiger partial charge in [0.05, 0.1) is 0 Å². The molecule has 0 radical (unpaired) electrons. The average Bonchev–Trinajstić information content (AvgIpc) is 2.51. The monoisotopic (exact) mass is 295 g/mol. The van der Waals surface area contributed by atoms with Crippen molar-refractivity contribution < 1.29 is 9.60 Å². The van der Waals surface area contributed by atoms with Crippen LogP contribution in [0.25, 0.3) is 0 Å². The van der Waals surface area contributed by atoms with Crippen molar-refractivity contribution >= 4 is 5.84 Å². The van der Waals surface area contributed by atoms with Crippen molar-refractivity contribution in [2.75, 3.05) is 6.54 Å². The molecule has 3 N–H and O–H groups in total. The van der Waals surface area contributed by atoms with E-state index >= 15 is 0 Å². The van der Waals surface area contributed by atoms with E-state index in [9.17, 15) is 4.39 Å². The highest BCUT2D eigenvalue weighted by molar-refractivity contribution is 5.97. The molecule has 1 atom stereocenters. The summed E-state index contributed by atoms with van der Waals surface area (Å²) < 4.78 is 14.2. The van der Waals surface area contributed by atoms with Crippen LogP contribution >= 0.6 is 0 Å². The van der Waals surface area contributed by atoms with Gasteiger partial charge in [0.2, 0.25) is 0 Å².